The number of hydrogen-bond acceptors (Lipinski definition) is 3. The van der Waals surface area contributed by atoms with Crippen LogP contribution in [0.2, 0.25) is 0 Å². The van der Waals surface area contributed by atoms with E-state index in [1.807, 2.05) is 50.2 Å². The summed E-state index contributed by atoms with van der Waals surface area (Å²) in [5, 5.41) is 14.2. The van der Waals surface area contributed by atoms with E-state index in [1.54, 1.807) is 0 Å². The molecule has 0 saturated heterocycles. The predicted octanol–water partition coefficient (Wildman–Crippen LogP) is 4.69. The van der Waals surface area contributed by atoms with Crippen LogP contribution in [0.1, 0.15) is 37.0 Å². The van der Waals surface area contributed by atoms with Crippen LogP contribution in [0.25, 0.3) is 17.2 Å². The Morgan fingerprint density at radius 1 is 1.10 bits per heavy atom. The standard InChI is InChI=1S/C23H27FN2O3/c1-14(2)26-19-7-5-17(6-8-19)20-12-15(3)18(11-16(20)4)13-21(24)23(29)25-10-9-22(27)28/h5-8,11-14,26H,9-10H2,1-4H3,(H,25,29)(H,27,28)/b21-13-. The van der Waals surface area contributed by atoms with Crippen LogP contribution in [0, 0.1) is 13.8 Å². The summed E-state index contributed by atoms with van der Waals surface area (Å²) < 4.78 is 14.2. The van der Waals surface area contributed by atoms with Crippen molar-refractivity contribution in [2.75, 3.05) is 11.9 Å². The summed E-state index contributed by atoms with van der Waals surface area (Å²) in [7, 11) is 0. The third-order valence-corrected chi connectivity index (χ3v) is 4.39. The number of carboxylic acid groups (broad SMARTS) is 1. The van der Waals surface area contributed by atoms with Crippen molar-refractivity contribution >= 4 is 23.6 Å². The molecule has 0 heterocycles. The summed E-state index contributed by atoms with van der Waals surface area (Å²) in [6, 6.07) is 12.3. The Labute approximate surface area is 170 Å². The first-order chi connectivity index (χ1) is 13.7. The molecular formula is C23H27FN2O3. The SMILES string of the molecule is Cc1cc(-c2ccc(NC(C)C)cc2)c(C)cc1/C=C(\F)C(=O)NCCC(=O)O. The molecule has 3 N–H and O–H groups in total. The highest BCUT2D eigenvalue weighted by atomic mass is 19.1. The number of aliphatic carboxylic acids is 1. The van der Waals surface area contributed by atoms with Gasteiger partial charge in [0.25, 0.3) is 5.91 Å². The zero-order chi connectivity index (χ0) is 21.6. The van der Waals surface area contributed by atoms with Gasteiger partial charge in [0.2, 0.25) is 0 Å². The van der Waals surface area contributed by atoms with Crippen LogP contribution in [0.4, 0.5) is 10.1 Å². The molecule has 0 unspecified atom stereocenters. The van der Waals surface area contributed by atoms with Crippen molar-refractivity contribution in [1.29, 1.82) is 0 Å². The van der Waals surface area contributed by atoms with Gasteiger partial charge in [0.1, 0.15) is 0 Å². The van der Waals surface area contributed by atoms with Crippen molar-refractivity contribution in [3.63, 3.8) is 0 Å². The summed E-state index contributed by atoms with van der Waals surface area (Å²) in [6.45, 7) is 7.85. The molecule has 0 spiro atoms. The normalized spacial score (nSPS) is 11.4. The average Bonchev–Trinajstić information content (AvgIpc) is 2.64. The molecule has 2 aromatic rings. The molecule has 0 aliphatic heterocycles. The lowest BCUT2D eigenvalue weighted by atomic mass is 9.94. The van der Waals surface area contributed by atoms with Gasteiger partial charge < -0.3 is 15.7 Å². The molecule has 0 aliphatic carbocycles. The van der Waals surface area contributed by atoms with Crippen LogP contribution in [0.3, 0.4) is 0 Å². The number of benzene rings is 2. The van der Waals surface area contributed by atoms with Gasteiger partial charge in [0.15, 0.2) is 5.83 Å². The van der Waals surface area contributed by atoms with Crippen LogP contribution < -0.4 is 10.6 Å². The van der Waals surface area contributed by atoms with Crippen LogP contribution in [-0.4, -0.2) is 29.6 Å². The molecule has 0 radical (unpaired) electrons. The molecule has 2 rings (SSSR count). The number of carbonyl (C=O) groups excluding carboxylic acids is 1. The fraction of sp³-hybridized carbons (Fsp3) is 0.304. The van der Waals surface area contributed by atoms with E-state index in [0.29, 0.717) is 11.6 Å². The molecule has 0 aliphatic rings. The lowest BCUT2D eigenvalue weighted by molar-refractivity contribution is -0.136. The van der Waals surface area contributed by atoms with Crippen molar-refractivity contribution < 1.29 is 19.1 Å². The molecule has 2 aromatic carbocycles. The Hall–Kier alpha value is -3.15. The topological polar surface area (TPSA) is 78.4 Å². The van der Waals surface area contributed by atoms with Crippen molar-refractivity contribution in [1.82, 2.24) is 5.32 Å². The summed E-state index contributed by atoms with van der Waals surface area (Å²) >= 11 is 0. The van der Waals surface area contributed by atoms with Gasteiger partial charge in [-0.25, -0.2) is 4.39 Å². The maximum atomic E-state index is 14.2. The van der Waals surface area contributed by atoms with Gasteiger partial charge in [-0.3, -0.25) is 9.59 Å². The molecule has 0 atom stereocenters. The molecule has 0 aromatic heterocycles. The maximum Gasteiger partial charge on any atom is 0.305 e. The van der Waals surface area contributed by atoms with Crippen LogP contribution >= 0.6 is 0 Å². The maximum absolute atomic E-state index is 14.2. The number of hydrogen-bond donors (Lipinski definition) is 3. The van der Waals surface area contributed by atoms with E-state index in [1.165, 1.54) is 6.08 Å². The van der Waals surface area contributed by atoms with E-state index in [4.69, 9.17) is 5.11 Å². The van der Waals surface area contributed by atoms with E-state index in [0.717, 1.165) is 27.9 Å². The summed E-state index contributed by atoms with van der Waals surface area (Å²) in [5.41, 5.74) is 5.56. The highest BCUT2D eigenvalue weighted by Crippen LogP contribution is 2.29. The van der Waals surface area contributed by atoms with E-state index in [9.17, 15) is 14.0 Å². The second-order valence-corrected chi connectivity index (χ2v) is 7.29. The largest absolute Gasteiger partial charge is 0.481 e. The Bertz CT molecular complexity index is 918. The van der Waals surface area contributed by atoms with E-state index < -0.39 is 17.7 Å². The molecule has 5 nitrogen and oxygen atoms in total. The number of aryl methyl sites for hydroxylation is 2. The zero-order valence-corrected chi connectivity index (χ0v) is 17.2. The number of carbonyl (C=O) groups is 2. The smallest absolute Gasteiger partial charge is 0.305 e. The van der Waals surface area contributed by atoms with Gasteiger partial charge >= 0.3 is 5.97 Å². The zero-order valence-electron chi connectivity index (χ0n) is 17.2. The number of anilines is 1. The second-order valence-electron chi connectivity index (χ2n) is 7.29. The Kier molecular flexibility index (Phi) is 7.53. The molecule has 154 valence electrons. The first kappa shape index (κ1) is 22.1. The molecule has 0 fully saturated rings. The van der Waals surface area contributed by atoms with Crippen molar-refractivity contribution in [2.45, 2.75) is 40.2 Å². The highest BCUT2D eigenvalue weighted by Gasteiger charge is 2.12. The molecule has 1 amide bonds. The lowest BCUT2D eigenvalue weighted by Gasteiger charge is -2.13. The van der Waals surface area contributed by atoms with Crippen molar-refractivity contribution in [3.8, 4) is 11.1 Å². The number of amides is 1. The van der Waals surface area contributed by atoms with Crippen LogP contribution in [0.15, 0.2) is 42.2 Å². The minimum atomic E-state index is -1.05. The van der Waals surface area contributed by atoms with Crippen molar-refractivity contribution in [3.05, 3.63) is 58.9 Å². The third kappa shape index (κ3) is 6.45. The summed E-state index contributed by atoms with van der Waals surface area (Å²) in [4.78, 5) is 22.2. The molecule has 29 heavy (non-hydrogen) atoms. The minimum absolute atomic E-state index is 0.117. The van der Waals surface area contributed by atoms with Crippen molar-refractivity contribution in [2.24, 2.45) is 0 Å². The average molecular weight is 398 g/mol. The molecule has 0 saturated carbocycles. The molecule has 6 heteroatoms. The van der Waals surface area contributed by atoms with Gasteiger partial charge in [-0.05, 0) is 73.7 Å². The fourth-order valence-corrected chi connectivity index (χ4v) is 2.95. The van der Waals surface area contributed by atoms with Gasteiger partial charge in [-0.1, -0.05) is 24.3 Å². The quantitative estimate of drug-likeness (QED) is 0.564. The first-order valence-electron chi connectivity index (χ1n) is 9.52. The van der Waals surface area contributed by atoms with Crippen LogP contribution in [-0.2, 0) is 9.59 Å². The van der Waals surface area contributed by atoms with E-state index in [-0.39, 0.29) is 13.0 Å². The van der Waals surface area contributed by atoms with E-state index >= 15 is 0 Å². The highest BCUT2D eigenvalue weighted by molar-refractivity contribution is 5.96. The van der Waals surface area contributed by atoms with Gasteiger partial charge in [-0.2, -0.15) is 0 Å². The Balaban J connectivity index is 2.20. The predicted molar refractivity (Wildman–Crippen MR) is 114 cm³/mol. The second kappa shape index (κ2) is 9.87. The number of halogens is 1. The van der Waals surface area contributed by atoms with Gasteiger partial charge in [0.05, 0.1) is 6.42 Å². The lowest BCUT2D eigenvalue weighted by Crippen LogP contribution is -2.26. The molecule has 0 bridgehead atoms. The number of carboxylic acids is 1. The summed E-state index contributed by atoms with van der Waals surface area (Å²) in [5.74, 6) is -2.92. The Morgan fingerprint density at radius 3 is 2.34 bits per heavy atom. The number of nitrogens with one attached hydrogen (secondary N) is 2. The van der Waals surface area contributed by atoms with Gasteiger partial charge in [0, 0.05) is 18.3 Å². The van der Waals surface area contributed by atoms with E-state index in [2.05, 4.69) is 24.5 Å². The van der Waals surface area contributed by atoms with Gasteiger partial charge in [-0.15, -0.1) is 0 Å². The third-order valence-electron chi connectivity index (χ3n) is 4.39. The fourth-order valence-electron chi connectivity index (χ4n) is 2.95. The van der Waals surface area contributed by atoms with Crippen LogP contribution in [0.5, 0.6) is 0 Å². The Morgan fingerprint density at radius 2 is 1.76 bits per heavy atom. The molecular weight excluding hydrogens is 371 g/mol. The number of rotatable bonds is 8. The first-order valence-corrected chi connectivity index (χ1v) is 9.52. The minimum Gasteiger partial charge on any atom is -0.481 e. The summed E-state index contributed by atoms with van der Waals surface area (Å²) in [6.07, 6.45) is 0.926. The monoisotopic (exact) mass is 398 g/mol.